The lowest BCUT2D eigenvalue weighted by atomic mass is 9.94. The third-order valence-electron chi connectivity index (χ3n) is 6.57. The highest BCUT2D eigenvalue weighted by Crippen LogP contribution is 2.41. The topological polar surface area (TPSA) is 96.3 Å². The molecule has 1 atom stereocenters. The zero-order valence-corrected chi connectivity index (χ0v) is 20.8. The first-order valence-electron chi connectivity index (χ1n) is 12.4. The van der Waals surface area contributed by atoms with Crippen molar-refractivity contribution in [2.24, 2.45) is 5.92 Å². The first-order chi connectivity index (χ1) is 17.8. The lowest BCUT2D eigenvalue weighted by Crippen LogP contribution is -2.29. The minimum atomic E-state index is -0.818. The number of nitrogens with zero attached hydrogens (tertiary/aromatic N) is 1. The molecule has 0 aliphatic carbocycles. The van der Waals surface area contributed by atoms with E-state index in [1.165, 1.54) is 17.0 Å². The van der Waals surface area contributed by atoms with Crippen molar-refractivity contribution in [1.82, 2.24) is 4.90 Å². The second-order valence-electron chi connectivity index (χ2n) is 9.79. The highest BCUT2D eigenvalue weighted by Gasteiger charge is 2.46. The number of carbonyl (C=O) groups excluding carboxylic acids is 2. The Hall–Kier alpha value is -4.26. The van der Waals surface area contributed by atoms with Gasteiger partial charge in [-0.1, -0.05) is 38.1 Å². The number of ketones is 1. The summed E-state index contributed by atoms with van der Waals surface area (Å²) in [6, 6.07) is 18.2. The van der Waals surface area contributed by atoms with E-state index in [4.69, 9.17) is 9.47 Å². The van der Waals surface area contributed by atoms with Gasteiger partial charge in [0, 0.05) is 18.5 Å². The number of phenolic OH excluding ortho intramolecular Hbond substituents is 1. The summed E-state index contributed by atoms with van der Waals surface area (Å²) in [5, 5.41) is 21.1. The molecule has 2 heterocycles. The maximum Gasteiger partial charge on any atom is 0.295 e. The van der Waals surface area contributed by atoms with E-state index in [0.29, 0.717) is 36.7 Å². The number of benzene rings is 3. The van der Waals surface area contributed by atoms with Gasteiger partial charge in [-0.05, 0) is 65.1 Å². The molecule has 1 fully saturated rings. The molecular weight excluding hydrogens is 470 g/mol. The highest BCUT2D eigenvalue weighted by atomic mass is 16.5. The molecule has 7 nitrogen and oxygen atoms in total. The second-order valence-corrected chi connectivity index (χ2v) is 9.79. The summed E-state index contributed by atoms with van der Waals surface area (Å²) in [5.41, 5.74) is 2.85. The number of aliphatic hydroxyl groups excluding tert-OH is 1. The molecule has 0 radical (unpaired) electrons. The summed E-state index contributed by atoms with van der Waals surface area (Å²) in [6.07, 6.45) is 0.711. The maximum absolute atomic E-state index is 13.3. The molecule has 190 valence electrons. The molecule has 0 bridgehead atoms. The van der Waals surface area contributed by atoms with Crippen molar-refractivity contribution in [2.75, 3.05) is 13.2 Å². The number of rotatable bonds is 7. The summed E-state index contributed by atoms with van der Waals surface area (Å²) >= 11 is 0. The van der Waals surface area contributed by atoms with Crippen molar-refractivity contribution in [3.8, 4) is 17.2 Å². The number of Topliss-reactive ketones (excluding diaryl/α,β-unsaturated/α-hetero) is 1. The Morgan fingerprint density at radius 3 is 2.49 bits per heavy atom. The van der Waals surface area contributed by atoms with Crippen LogP contribution in [0.25, 0.3) is 5.76 Å². The Morgan fingerprint density at radius 2 is 1.78 bits per heavy atom. The number of aromatic hydroxyl groups is 1. The normalized spacial score (nSPS) is 18.2. The van der Waals surface area contributed by atoms with Crippen molar-refractivity contribution in [2.45, 2.75) is 32.9 Å². The van der Waals surface area contributed by atoms with Gasteiger partial charge in [0.25, 0.3) is 11.7 Å². The molecule has 3 aromatic carbocycles. The van der Waals surface area contributed by atoms with E-state index in [9.17, 15) is 19.8 Å². The molecular formula is C30H29NO6. The third kappa shape index (κ3) is 4.89. The molecule has 37 heavy (non-hydrogen) atoms. The van der Waals surface area contributed by atoms with Crippen LogP contribution in [0.3, 0.4) is 0 Å². The van der Waals surface area contributed by atoms with Crippen LogP contribution in [0.4, 0.5) is 0 Å². The Labute approximate surface area is 215 Å². The maximum atomic E-state index is 13.3. The molecule has 0 saturated carbocycles. The standard InChI is InChI=1S/C30H29NO6/c1-18(2)17-37-24-10-3-19(4-11-24)16-31-27(20-5-8-23(32)9-6-20)26(29(34)30(31)35)28(33)22-7-12-25-21(15-22)13-14-36-25/h3-12,15,18,27,32-33H,13-14,16-17H2,1-2H3/b28-26-. The van der Waals surface area contributed by atoms with E-state index in [2.05, 4.69) is 13.8 Å². The summed E-state index contributed by atoms with van der Waals surface area (Å²) in [4.78, 5) is 28.0. The van der Waals surface area contributed by atoms with Crippen molar-refractivity contribution >= 4 is 17.4 Å². The third-order valence-corrected chi connectivity index (χ3v) is 6.57. The van der Waals surface area contributed by atoms with E-state index in [-0.39, 0.29) is 23.6 Å². The van der Waals surface area contributed by atoms with Crippen LogP contribution in [0.15, 0.2) is 72.3 Å². The molecule has 1 amide bonds. The number of carbonyl (C=O) groups is 2. The first-order valence-corrected chi connectivity index (χ1v) is 12.4. The lowest BCUT2D eigenvalue weighted by molar-refractivity contribution is -0.140. The molecule has 2 aliphatic heterocycles. The molecule has 2 aliphatic rings. The van der Waals surface area contributed by atoms with Crippen molar-refractivity contribution < 1.29 is 29.3 Å². The minimum Gasteiger partial charge on any atom is -0.508 e. The van der Waals surface area contributed by atoms with E-state index >= 15 is 0 Å². The summed E-state index contributed by atoms with van der Waals surface area (Å²) in [6.45, 7) is 5.48. The van der Waals surface area contributed by atoms with Gasteiger partial charge in [-0.15, -0.1) is 0 Å². The quantitative estimate of drug-likeness (QED) is 0.270. The first kappa shape index (κ1) is 24.4. The zero-order chi connectivity index (χ0) is 26.1. The van der Waals surface area contributed by atoms with Crippen LogP contribution in [0.1, 0.15) is 42.1 Å². The Kier molecular flexibility index (Phi) is 6.61. The largest absolute Gasteiger partial charge is 0.508 e. The van der Waals surface area contributed by atoms with Crippen molar-refractivity contribution in [3.63, 3.8) is 0 Å². The monoisotopic (exact) mass is 499 g/mol. The summed E-state index contributed by atoms with van der Waals surface area (Å²) < 4.78 is 11.3. The van der Waals surface area contributed by atoms with Gasteiger partial charge in [-0.3, -0.25) is 9.59 Å². The fourth-order valence-electron chi connectivity index (χ4n) is 4.69. The van der Waals surface area contributed by atoms with Crippen LogP contribution >= 0.6 is 0 Å². The number of ether oxygens (including phenoxy) is 2. The van der Waals surface area contributed by atoms with Gasteiger partial charge in [0.2, 0.25) is 0 Å². The fourth-order valence-corrected chi connectivity index (χ4v) is 4.69. The van der Waals surface area contributed by atoms with Crippen LogP contribution in [0.2, 0.25) is 0 Å². The molecule has 2 N–H and O–H groups in total. The number of likely N-dealkylation sites (tertiary alicyclic amines) is 1. The molecule has 1 saturated heterocycles. The number of hydrogen-bond acceptors (Lipinski definition) is 6. The molecule has 1 unspecified atom stereocenters. The van der Waals surface area contributed by atoms with Gasteiger partial charge < -0.3 is 24.6 Å². The van der Waals surface area contributed by atoms with Gasteiger partial charge >= 0.3 is 0 Å². The summed E-state index contributed by atoms with van der Waals surface area (Å²) in [7, 11) is 0. The van der Waals surface area contributed by atoms with Crippen molar-refractivity contribution in [1.29, 1.82) is 0 Å². The predicted octanol–water partition coefficient (Wildman–Crippen LogP) is 4.98. The number of amides is 1. The lowest BCUT2D eigenvalue weighted by Gasteiger charge is -2.25. The van der Waals surface area contributed by atoms with Gasteiger partial charge in [-0.25, -0.2) is 0 Å². The SMILES string of the molecule is CC(C)COc1ccc(CN2C(=O)C(=O)/C(=C(\O)c3ccc4c(c3)CCO4)C2c2ccc(O)cc2)cc1. The van der Waals surface area contributed by atoms with Crippen LogP contribution in [0, 0.1) is 5.92 Å². The van der Waals surface area contributed by atoms with Gasteiger partial charge in [0.15, 0.2) is 0 Å². The molecule has 0 spiro atoms. The zero-order valence-electron chi connectivity index (χ0n) is 20.8. The van der Waals surface area contributed by atoms with Crippen LogP contribution in [0.5, 0.6) is 17.2 Å². The van der Waals surface area contributed by atoms with E-state index in [1.807, 2.05) is 24.3 Å². The van der Waals surface area contributed by atoms with Gasteiger partial charge in [0.05, 0.1) is 24.8 Å². The van der Waals surface area contributed by atoms with Gasteiger partial charge in [0.1, 0.15) is 23.0 Å². The summed E-state index contributed by atoms with van der Waals surface area (Å²) in [5.74, 6) is 0.286. The molecule has 5 rings (SSSR count). The Balaban J connectivity index is 1.52. The number of hydrogen-bond donors (Lipinski definition) is 2. The van der Waals surface area contributed by atoms with Gasteiger partial charge in [-0.2, -0.15) is 0 Å². The number of fused-ring (bicyclic) bond motifs is 1. The smallest absolute Gasteiger partial charge is 0.295 e. The average Bonchev–Trinajstić information content (AvgIpc) is 3.46. The van der Waals surface area contributed by atoms with E-state index in [1.54, 1.807) is 30.3 Å². The average molecular weight is 500 g/mol. The fraction of sp³-hybridized carbons (Fsp3) is 0.267. The Morgan fingerprint density at radius 1 is 1.05 bits per heavy atom. The van der Waals surface area contributed by atoms with Crippen LogP contribution in [-0.2, 0) is 22.6 Å². The van der Waals surface area contributed by atoms with Crippen molar-refractivity contribution in [3.05, 3.63) is 94.6 Å². The van der Waals surface area contributed by atoms with Crippen LogP contribution in [-0.4, -0.2) is 40.0 Å². The second kappa shape index (κ2) is 10.0. The highest BCUT2D eigenvalue weighted by molar-refractivity contribution is 6.46. The molecule has 0 aromatic heterocycles. The predicted molar refractivity (Wildman–Crippen MR) is 138 cm³/mol. The van der Waals surface area contributed by atoms with E-state index < -0.39 is 17.7 Å². The number of aliphatic hydroxyl groups is 1. The van der Waals surface area contributed by atoms with E-state index in [0.717, 1.165) is 22.6 Å². The Bertz CT molecular complexity index is 1360. The minimum absolute atomic E-state index is 0.0199. The molecule has 7 heteroatoms. The molecule has 3 aromatic rings. The number of phenols is 1. The van der Waals surface area contributed by atoms with Crippen LogP contribution < -0.4 is 9.47 Å².